The lowest BCUT2D eigenvalue weighted by Gasteiger charge is -2.47. The van der Waals surface area contributed by atoms with Crippen LogP contribution in [0.2, 0.25) is 0 Å². The third kappa shape index (κ3) is 3.18. The molecular weight excluding hydrogens is 372 g/mol. The maximum atomic E-state index is 12.4. The lowest BCUT2D eigenvalue weighted by atomic mass is 9.99. The molecule has 1 aromatic carbocycles. The molecule has 2 aromatic heterocycles. The second-order valence-electron chi connectivity index (χ2n) is 7.79. The summed E-state index contributed by atoms with van der Waals surface area (Å²) in [4.78, 5) is 33.4. The van der Waals surface area contributed by atoms with Crippen molar-refractivity contribution in [2.45, 2.75) is 31.3 Å². The van der Waals surface area contributed by atoms with Gasteiger partial charge in [0, 0.05) is 43.1 Å². The molecule has 0 spiro atoms. The van der Waals surface area contributed by atoms with Gasteiger partial charge in [0.15, 0.2) is 0 Å². The van der Waals surface area contributed by atoms with Crippen molar-refractivity contribution in [3.8, 4) is 0 Å². The Morgan fingerprint density at radius 2 is 1.86 bits per heavy atom. The zero-order valence-electron chi connectivity index (χ0n) is 15.7. The molecule has 0 atom stereocenters. The number of hydrogen-bond acceptors (Lipinski definition) is 4. The number of carbonyl (C=O) groups is 1. The van der Waals surface area contributed by atoms with E-state index in [-0.39, 0.29) is 17.6 Å². The van der Waals surface area contributed by atoms with Crippen LogP contribution in [0.15, 0.2) is 46.6 Å². The molecule has 6 nitrogen and oxygen atoms in total. The molecule has 2 aliphatic heterocycles. The fourth-order valence-corrected chi connectivity index (χ4v) is 5.21. The van der Waals surface area contributed by atoms with Gasteiger partial charge in [-0.15, -0.1) is 11.3 Å². The Kier molecular flexibility index (Phi) is 4.56. The van der Waals surface area contributed by atoms with Crippen LogP contribution in [0.1, 0.15) is 23.8 Å². The van der Waals surface area contributed by atoms with Crippen molar-refractivity contribution < 1.29 is 4.79 Å². The number of benzene rings is 1. The van der Waals surface area contributed by atoms with Crippen molar-refractivity contribution in [2.24, 2.45) is 0 Å². The summed E-state index contributed by atoms with van der Waals surface area (Å²) in [5.74, 6) is 0.235. The Labute approximate surface area is 167 Å². The molecule has 0 saturated carbocycles. The zero-order chi connectivity index (χ0) is 19.1. The van der Waals surface area contributed by atoms with Crippen LogP contribution in [0.5, 0.6) is 0 Å². The van der Waals surface area contributed by atoms with E-state index in [4.69, 9.17) is 0 Å². The number of nitrogens with one attached hydrogen (secondary N) is 1. The SMILES string of the molecule is O=C(Cc1cccs1)N1CC(N2CCC(n3c(=O)[nH]c4ccccc43)CC2)C1. The van der Waals surface area contributed by atoms with E-state index in [2.05, 4.69) is 9.88 Å². The molecule has 0 radical (unpaired) electrons. The van der Waals surface area contributed by atoms with Gasteiger partial charge in [-0.3, -0.25) is 14.3 Å². The van der Waals surface area contributed by atoms with Gasteiger partial charge in [-0.1, -0.05) is 18.2 Å². The van der Waals surface area contributed by atoms with Gasteiger partial charge in [-0.2, -0.15) is 0 Å². The summed E-state index contributed by atoms with van der Waals surface area (Å²) in [5, 5.41) is 2.02. The van der Waals surface area contributed by atoms with Gasteiger partial charge in [-0.25, -0.2) is 4.79 Å². The second-order valence-corrected chi connectivity index (χ2v) is 8.83. The van der Waals surface area contributed by atoms with Crippen LogP contribution in [-0.4, -0.2) is 57.5 Å². The molecule has 1 N–H and O–H groups in total. The van der Waals surface area contributed by atoms with Gasteiger partial charge in [0.2, 0.25) is 5.91 Å². The fourth-order valence-electron chi connectivity index (χ4n) is 4.51. The van der Waals surface area contributed by atoms with E-state index in [0.29, 0.717) is 12.5 Å². The standard InChI is InChI=1S/C21H24N4O2S/c26-20(12-17-4-3-11-28-17)24-13-16(14-24)23-9-7-15(8-10-23)25-19-6-2-1-5-18(19)22-21(25)27/h1-6,11,15-16H,7-10,12-14H2,(H,22,27). The number of piperidine rings is 1. The van der Waals surface area contributed by atoms with Crippen molar-refractivity contribution in [1.29, 1.82) is 0 Å². The van der Waals surface area contributed by atoms with Gasteiger partial charge in [0.1, 0.15) is 0 Å². The first-order valence-corrected chi connectivity index (χ1v) is 10.8. The fraction of sp³-hybridized carbons (Fsp3) is 0.429. The van der Waals surface area contributed by atoms with Crippen LogP contribution < -0.4 is 5.69 Å². The number of H-pyrrole nitrogens is 1. The monoisotopic (exact) mass is 396 g/mol. The van der Waals surface area contributed by atoms with E-state index in [0.717, 1.165) is 54.9 Å². The molecule has 28 heavy (non-hydrogen) atoms. The highest BCUT2D eigenvalue weighted by Crippen LogP contribution is 2.28. The maximum absolute atomic E-state index is 12.4. The Bertz CT molecular complexity index is 1020. The van der Waals surface area contributed by atoms with Gasteiger partial charge in [0.25, 0.3) is 0 Å². The number of likely N-dealkylation sites (tertiary alicyclic amines) is 2. The number of carbonyl (C=O) groups excluding carboxylic acids is 1. The summed E-state index contributed by atoms with van der Waals surface area (Å²) in [5.41, 5.74) is 1.91. The number of para-hydroxylation sites is 2. The maximum Gasteiger partial charge on any atom is 0.326 e. The molecule has 2 aliphatic rings. The van der Waals surface area contributed by atoms with Crippen LogP contribution in [0, 0.1) is 0 Å². The quantitative estimate of drug-likeness (QED) is 0.737. The average molecular weight is 397 g/mol. The molecule has 2 fully saturated rings. The summed E-state index contributed by atoms with van der Waals surface area (Å²) >= 11 is 1.64. The Balaban J connectivity index is 1.17. The van der Waals surface area contributed by atoms with E-state index in [9.17, 15) is 9.59 Å². The molecule has 1 amide bonds. The highest BCUT2D eigenvalue weighted by molar-refractivity contribution is 7.10. The largest absolute Gasteiger partial charge is 0.339 e. The van der Waals surface area contributed by atoms with Gasteiger partial charge in [0.05, 0.1) is 17.5 Å². The summed E-state index contributed by atoms with van der Waals surface area (Å²) in [6.07, 6.45) is 2.47. The van der Waals surface area contributed by atoms with Crippen LogP contribution in [0.4, 0.5) is 0 Å². The van der Waals surface area contributed by atoms with Crippen molar-refractivity contribution >= 4 is 28.3 Å². The summed E-state index contributed by atoms with van der Waals surface area (Å²) < 4.78 is 1.93. The van der Waals surface area contributed by atoms with E-state index in [1.165, 1.54) is 0 Å². The number of nitrogens with zero attached hydrogens (tertiary/aromatic N) is 3. The average Bonchev–Trinajstić information content (AvgIpc) is 3.28. The van der Waals surface area contributed by atoms with Crippen molar-refractivity contribution in [3.05, 3.63) is 57.1 Å². The minimum absolute atomic E-state index is 0.00589. The van der Waals surface area contributed by atoms with E-state index in [1.807, 2.05) is 51.2 Å². The highest BCUT2D eigenvalue weighted by atomic mass is 32.1. The minimum Gasteiger partial charge on any atom is -0.339 e. The van der Waals surface area contributed by atoms with E-state index < -0.39 is 0 Å². The smallest absolute Gasteiger partial charge is 0.326 e. The second kappa shape index (κ2) is 7.22. The molecule has 0 aliphatic carbocycles. The lowest BCUT2D eigenvalue weighted by Crippen LogP contribution is -2.62. The normalized spacial score (nSPS) is 19.2. The van der Waals surface area contributed by atoms with Crippen LogP contribution in [0.25, 0.3) is 11.0 Å². The zero-order valence-corrected chi connectivity index (χ0v) is 16.5. The van der Waals surface area contributed by atoms with Crippen molar-refractivity contribution in [3.63, 3.8) is 0 Å². The first-order valence-electron chi connectivity index (χ1n) is 9.92. The number of hydrogen-bond donors (Lipinski definition) is 1. The number of thiophene rings is 1. The minimum atomic E-state index is -0.00589. The molecule has 4 heterocycles. The number of aromatic nitrogens is 2. The molecule has 7 heteroatoms. The Morgan fingerprint density at radius 3 is 2.61 bits per heavy atom. The molecular formula is C21H24N4O2S. The molecule has 3 aromatic rings. The van der Waals surface area contributed by atoms with Gasteiger partial charge < -0.3 is 9.88 Å². The van der Waals surface area contributed by atoms with E-state index in [1.54, 1.807) is 11.3 Å². The van der Waals surface area contributed by atoms with Crippen LogP contribution in [0.3, 0.4) is 0 Å². The predicted octanol–water partition coefficient (Wildman–Crippen LogP) is 2.48. The number of amides is 1. The summed E-state index contributed by atoms with van der Waals surface area (Å²) in [6, 6.07) is 12.6. The summed E-state index contributed by atoms with van der Waals surface area (Å²) in [6.45, 7) is 3.63. The topological polar surface area (TPSA) is 61.3 Å². The summed E-state index contributed by atoms with van der Waals surface area (Å²) in [7, 11) is 0. The first-order chi connectivity index (χ1) is 13.7. The predicted molar refractivity (Wildman–Crippen MR) is 111 cm³/mol. The number of aromatic amines is 1. The number of imidazole rings is 1. The Hall–Kier alpha value is -2.38. The van der Waals surface area contributed by atoms with Crippen LogP contribution in [-0.2, 0) is 11.2 Å². The van der Waals surface area contributed by atoms with Crippen LogP contribution >= 0.6 is 11.3 Å². The molecule has 0 unspecified atom stereocenters. The third-order valence-electron chi connectivity index (χ3n) is 6.13. The Morgan fingerprint density at radius 1 is 1.07 bits per heavy atom. The molecule has 0 bridgehead atoms. The highest BCUT2D eigenvalue weighted by Gasteiger charge is 2.36. The molecule has 146 valence electrons. The van der Waals surface area contributed by atoms with Crippen molar-refractivity contribution in [2.75, 3.05) is 26.2 Å². The molecule has 2 saturated heterocycles. The lowest BCUT2D eigenvalue weighted by molar-refractivity contribution is -0.138. The van der Waals surface area contributed by atoms with Gasteiger partial charge >= 0.3 is 5.69 Å². The first kappa shape index (κ1) is 17.7. The van der Waals surface area contributed by atoms with Crippen molar-refractivity contribution in [1.82, 2.24) is 19.4 Å². The number of fused-ring (bicyclic) bond motifs is 1. The van der Waals surface area contributed by atoms with E-state index >= 15 is 0 Å². The number of rotatable bonds is 4. The third-order valence-corrected chi connectivity index (χ3v) is 7.00. The van der Waals surface area contributed by atoms with Gasteiger partial charge in [-0.05, 0) is 36.4 Å². The molecule has 5 rings (SSSR count).